The zero-order valence-corrected chi connectivity index (χ0v) is 14.0. The zero-order chi connectivity index (χ0) is 17.7. The summed E-state index contributed by atoms with van der Waals surface area (Å²) in [6, 6.07) is 5.34. The van der Waals surface area contributed by atoms with Gasteiger partial charge in [0.25, 0.3) is 10.0 Å². The van der Waals surface area contributed by atoms with Gasteiger partial charge < -0.3 is 10.4 Å². The van der Waals surface area contributed by atoms with E-state index in [0.717, 1.165) is 6.42 Å². The Labute approximate surface area is 140 Å². The van der Waals surface area contributed by atoms with E-state index in [1.807, 2.05) is 6.92 Å². The third kappa shape index (κ3) is 4.10. The highest BCUT2D eigenvalue weighted by Gasteiger charge is 2.30. The van der Waals surface area contributed by atoms with E-state index in [2.05, 4.69) is 15.0 Å². The van der Waals surface area contributed by atoms with Gasteiger partial charge in [0.15, 0.2) is 0 Å². The Morgan fingerprint density at radius 1 is 1.33 bits per heavy atom. The summed E-state index contributed by atoms with van der Waals surface area (Å²) < 4.78 is 26.1. The number of aliphatic imine (C=N–C) groups is 1. The van der Waals surface area contributed by atoms with E-state index >= 15 is 0 Å². The van der Waals surface area contributed by atoms with Gasteiger partial charge in [-0.15, -0.1) is 0 Å². The first-order chi connectivity index (χ1) is 11.3. The van der Waals surface area contributed by atoms with Crippen LogP contribution in [0.15, 0.2) is 34.2 Å². The van der Waals surface area contributed by atoms with Crippen LogP contribution in [0.3, 0.4) is 0 Å². The molecule has 1 heterocycles. The minimum atomic E-state index is -3.66. The number of hydrogen-bond acceptors (Lipinski definition) is 5. The van der Waals surface area contributed by atoms with Crippen LogP contribution in [-0.2, 0) is 19.6 Å². The zero-order valence-electron chi connectivity index (χ0n) is 13.2. The lowest BCUT2D eigenvalue weighted by atomic mass is 10.1. The minimum Gasteiger partial charge on any atom is -0.480 e. The van der Waals surface area contributed by atoms with Crippen molar-refractivity contribution in [2.75, 3.05) is 6.54 Å². The molecule has 2 rings (SSSR count). The SMILES string of the molecule is CCCCC(NC(=O)CN=C1NS(=O)(=O)c2ccccc21)C(=O)O. The third-order valence-electron chi connectivity index (χ3n) is 3.52. The fraction of sp³-hybridized carbons (Fsp3) is 0.400. The topological polar surface area (TPSA) is 125 Å². The van der Waals surface area contributed by atoms with Crippen LogP contribution in [0.2, 0.25) is 0 Å². The number of aliphatic carboxylic acids is 1. The predicted octanol–water partition coefficient (Wildman–Crippen LogP) is 0.485. The molecule has 9 heteroatoms. The maximum Gasteiger partial charge on any atom is 0.326 e. The lowest BCUT2D eigenvalue weighted by Gasteiger charge is -2.13. The fourth-order valence-electron chi connectivity index (χ4n) is 2.31. The molecular weight excluding hydrogens is 334 g/mol. The maximum absolute atomic E-state index is 11.9. The molecule has 1 aliphatic heterocycles. The van der Waals surface area contributed by atoms with Gasteiger partial charge in [-0.1, -0.05) is 31.9 Å². The molecule has 1 amide bonds. The van der Waals surface area contributed by atoms with Gasteiger partial charge in [0.05, 0.1) is 4.90 Å². The Morgan fingerprint density at radius 3 is 2.71 bits per heavy atom. The number of nitrogens with zero attached hydrogens (tertiary/aromatic N) is 1. The maximum atomic E-state index is 11.9. The molecule has 1 aliphatic rings. The van der Waals surface area contributed by atoms with Crippen LogP contribution in [0.4, 0.5) is 0 Å². The number of sulfonamides is 1. The van der Waals surface area contributed by atoms with Crippen molar-refractivity contribution in [2.24, 2.45) is 4.99 Å². The highest BCUT2D eigenvalue weighted by Crippen LogP contribution is 2.21. The Morgan fingerprint density at radius 2 is 2.04 bits per heavy atom. The van der Waals surface area contributed by atoms with Crippen LogP contribution in [-0.4, -0.2) is 43.8 Å². The molecule has 130 valence electrons. The van der Waals surface area contributed by atoms with Crippen LogP contribution in [0.5, 0.6) is 0 Å². The van der Waals surface area contributed by atoms with Gasteiger partial charge in [-0.05, 0) is 18.6 Å². The van der Waals surface area contributed by atoms with E-state index in [9.17, 15) is 18.0 Å². The molecule has 0 fully saturated rings. The molecule has 8 nitrogen and oxygen atoms in total. The number of hydrogen-bond donors (Lipinski definition) is 3. The summed E-state index contributed by atoms with van der Waals surface area (Å²) in [4.78, 5) is 27.1. The molecule has 1 aromatic rings. The number of rotatable bonds is 7. The van der Waals surface area contributed by atoms with Crippen molar-refractivity contribution in [3.05, 3.63) is 29.8 Å². The van der Waals surface area contributed by atoms with Crippen LogP contribution < -0.4 is 10.0 Å². The summed E-state index contributed by atoms with van der Waals surface area (Å²) in [6.45, 7) is 1.57. The van der Waals surface area contributed by atoms with Gasteiger partial charge in [-0.3, -0.25) is 14.5 Å². The number of nitrogens with one attached hydrogen (secondary N) is 2. The molecule has 1 aromatic carbocycles. The molecule has 1 unspecified atom stereocenters. The van der Waals surface area contributed by atoms with Crippen molar-refractivity contribution in [1.82, 2.24) is 10.0 Å². The van der Waals surface area contributed by atoms with E-state index in [0.29, 0.717) is 18.4 Å². The smallest absolute Gasteiger partial charge is 0.326 e. The van der Waals surface area contributed by atoms with E-state index in [4.69, 9.17) is 5.11 Å². The normalized spacial score (nSPS) is 17.8. The molecule has 3 N–H and O–H groups in total. The number of amides is 1. The van der Waals surface area contributed by atoms with Crippen LogP contribution >= 0.6 is 0 Å². The first-order valence-corrected chi connectivity index (χ1v) is 9.02. The lowest BCUT2D eigenvalue weighted by molar-refractivity contribution is -0.141. The summed E-state index contributed by atoms with van der Waals surface area (Å²) in [5.74, 6) is -1.59. The molecule has 0 aromatic heterocycles. The number of carbonyl (C=O) groups excluding carboxylic acids is 1. The Bertz CT molecular complexity index is 773. The van der Waals surface area contributed by atoms with Crippen LogP contribution in [0.25, 0.3) is 0 Å². The number of carboxylic acid groups (broad SMARTS) is 1. The van der Waals surface area contributed by atoms with Gasteiger partial charge in [0.2, 0.25) is 5.91 Å². The van der Waals surface area contributed by atoms with Gasteiger partial charge in [0, 0.05) is 5.56 Å². The Balaban J connectivity index is 2.06. The van der Waals surface area contributed by atoms with Gasteiger partial charge in [-0.2, -0.15) is 0 Å². The standard InChI is InChI=1S/C15H19N3O5S/c1-2-3-7-11(15(20)21)17-13(19)9-16-14-10-6-4-5-8-12(10)24(22,23)18-14/h4-6,8,11H,2-3,7,9H2,1H3,(H,16,18)(H,17,19)(H,20,21). The largest absolute Gasteiger partial charge is 0.480 e. The van der Waals surface area contributed by atoms with Crippen molar-refractivity contribution in [3.63, 3.8) is 0 Å². The molecule has 24 heavy (non-hydrogen) atoms. The van der Waals surface area contributed by atoms with Crippen molar-refractivity contribution < 1.29 is 23.1 Å². The number of fused-ring (bicyclic) bond motifs is 1. The summed E-state index contributed by atoms with van der Waals surface area (Å²) in [5, 5.41) is 11.5. The predicted molar refractivity (Wildman–Crippen MR) is 87.3 cm³/mol. The average molecular weight is 353 g/mol. The van der Waals surface area contributed by atoms with Crippen LogP contribution in [0.1, 0.15) is 31.7 Å². The molecule has 0 radical (unpaired) electrons. The summed E-state index contributed by atoms with van der Waals surface area (Å²) in [5.41, 5.74) is 0.395. The van der Waals surface area contributed by atoms with Crippen molar-refractivity contribution >= 4 is 27.7 Å². The second-order valence-electron chi connectivity index (χ2n) is 5.37. The fourth-order valence-corrected chi connectivity index (χ4v) is 3.56. The average Bonchev–Trinajstić information content (AvgIpc) is 2.80. The number of carbonyl (C=O) groups is 2. The van der Waals surface area contributed by atoms with Crippen molar-refractivity contribution in [3.8, 4) is 0 Å². The molecule has 0 saturated heterocycles. The van der Waals surface area contributed by atoms with E-state index in [1.165, 1.54) is 6.07 Å². The second kappa shape index (κ2) is 7.43. The first-order valence-electron chi connectivity index (χ1n) is 7.54. The number of benzene rings is 1. The van der Waals surface area contributed by atoms with Crippen molar-refractivity contribution in [2.45, 2.75) is 37.1 Å². The summed E-state index contributed by atoms with van der Waals surface area (Å²) in [6.07, 6.45) is 1.84. The van der Waals surface area contributed by atoms with Crippen molar-refractivity contribution in [1.29, 1.82) is 0 Å². The monoisotopic (exact) mass is 353 g/mol. The van der Waals surface area contributed by atoms with Gasteiger partial charge in [0.1, 0.15) is 18.4 Å². The summed E-state index contributed by atoms with van der Waals surface area (Å²) in [7, 11) is -3.66. The second-order valence-corrected chi connectivity index (χ2v) is 7.02. The molecule has 0 bridgehead atoms. The highest BCUT2D eigenvalue weighted by atomic mass is 32.2. The van der Waals surface area contributed by atoms with E-state index in [1.54, 1.807) is 18.2 Å². The molecule has 0 saturated carbocycles. The number of carboxylic acids is 1. The lowest BCUT2D eigenvalue weighted by Crippen LogP contribution is -2.42. The first kappa shape index (κ1) is 17.9. The summed E-state index contributed by atoms with van der Waals surface area (Å²) >= 11 is 0. The Kier molecular flexibility index (Phi) is 5.55. The molecule has 0 spiro atoms. The third-order valence-corrected chi connectivity index (χ3v) is 4.92. The van der Waals surface area contributed by atoms with E-state index < -0.39 is 27.9 Å². The number of unbranched alkanes of at least 4 members (excludes halogenated alkanes) is 1. The Hall–Kier alpha value is -2.42. The van der Waals surface area contributed by atoms with Gasteiger partial charge in [-0.25, -0.2) is 13.2 Å². The van der Waals surface area contributed by atoms with Gasteiger partial charge >= 0.3 is 5.97 Å². The highest BCUT2D eigenvalue weighted by molar-refractivity contribution is 7.90. The number of amidine groups is 1. The minimum absolute atomic E-state index is 0.0844. The molecular formula is C15H19N3O5S. The van der Waals surface area contributed by atoms with E-state index in [-0.39, 0.29) is 17.3 Å². The molecule has 1 atom stereocenters. The van der Waals surface area contributed by atoms with Crippen LogP contribution in [0, 0.1) is 0 Å². The molecule has 0 aliphatic carbocycles. The quantitative estimate of drug-likeness (QED) is 0.658.